The summed E-state index contributed by atoms with van der Waals surface area (Å²) in [6.07, 6.45) is 1.17. The van der Waals surface area contributed by atoms with Crippen molar-refractivity contribution >= 4 is 33.8 Å². The minimum Gasteiger partial charge on any atom is -0.493 e. The smallest absolute Gasteiger partial charge is 0.339 e. The van der Waals surface area contributed by atoms with Gasteiger partial charge in [0.2, 0.25) is 0 Å². The van der Waals surface area contributed by atoms with Gasteiger partial charge in [-0.15, -0.1) is 0 Å². The van der Waals surface area contributed by atoms with Crippen LogP contribution in [0.5, 0.6) is 11.5 Å². The van der Waals surface area contributed by atoms with Crippen molar-refractivity contribution in [3.05, 3.63) is 89.0 Å². The van der Waals surface area contributed by atoms with Gasteiger partial charge < -0.3 is 19.3 Å². The fraction of sp³-hybridized carbons (Fsp3) is 0.0800. The topological polar surface area (TPSA) is 143 Å². The summed E-state index contributed by atoms with van der Waals surface area (Å²) in [5.74, 6) is -2.02. The molecule has 0 fully saturated rings. The third kappa shape index (κ3) is 6.04. The monoisotopic (exact) mass is 492 g/mol. The lowest BCUT2D eigenvalue weighted by Crippen LogP contribution is -2.14. The molecule has 9 nitrogen and oxygen atoms in total. The van der Waals surface area contributed by atoms with Crippen molar-refractivity contribution in [3.8, 4) is 17.6 Å². The van der Waals surface area contributed by atoms with Crippen LogP contribution in [0.25, 0.3) is 6.08 Å². The van der Waals surface area contributed by atoms with Gasteiger partial charge in [-0.3, -0.25) is 4.79 Å². The van der Waals surface area contributed by atoms with Crippen LogP contribution in [0, 0.1) is 18.3 Å². The maximum absolute atomic E-state index is 12.9. The molecule has 0 saturated heterocycles. The summed E-state index contributed by atoms with van der Waals surface area (Å²) in [5.41, 5.74) is 0.940. The number of nitrogens with one attached hydrogen (secondary N) is 1. The van der Waals surface area contributed by atoms with Crippen LogP contribution in [0.1, 0.15) is 21.5 Å². The molecule has 2 N–H and O–H groups in total. The number of carbonyl (C=O) groups is 2. The lowest BCUT2D eigenvalue weighted by atomic mass is 10.1. The number of hydrogen-bond donors (Lipinski definition) is 2. The second-order valence-electron chi connectivity index (χ2n) is 7.24. The normalized spacial score (nSPS) is 11.3. The first kappa shape index (κ1) is 25.0. The number of benzene rings is 3. The Morgan fingerprint density at radius 2 is 1.69 bits per heavy atom. The number of carboxylic acids is 1. The third-order valence-electron chi connectivity index (χ3n) is 4.79. The number of carboxylic acid groups (broad SMARTS) is 1. The van der Waals surface area contributed by atoms with Crippen LogP contribution in [0.15, 0.2) is 77.2 Å². The highest BCUT2D eigenvalue weighted by molar-refractivity contribution is 7.87. The fourth-order valence-corrected chi connectivity index (χ4v) is 3.92. The number of nitrogens with zero attached hydrogens (tertiary/aromatic N) is 1. The average molecular weight is 493 g/mol. The van der Waals surface area contributed by atoms with E-state index in [2.05, 4.69) is 5.32 Å². The van der Waals surface area contributed by atoms with Crippen molar-refractivity contribution in [2.24, 2.45) is 0 Å². The lowest BCUT2D eigenvalue weighted by Gasteiger charge is -2.14. The maximum Gasteiger partial charge on any atom is 0.339 e. The van der Waals surface area contributed by atoms with E-state index in [9.17, 15) is 23.3 Å². The standard InChI is InChI=1S/C25H20N2O7S/c1-16-6-12-21(13-7-16)35(31,32)34-23-18(4-3-5-22(23)33-2)14-19(15-26)24(28)27-20-10-8-17(9-11-20)25(29)30/h3-14H,1-2H3,(H,27,28)(H,29,30). The Morgan fingerprint density at radius 1 is 1.03 bits per heavy atom. The SMILES string of the molecule is COc1cccc(C=C(C#N)C(=O)Nc2ccc(C(=O)O)cc2)c1OS(=O)(=O)c1ccc(C)cc1. The summed E-state index contributed by atoms with van der Waals surface area (Å²) >= 11 is 0. The molecule has 0 spiro atoms. The molecule has 35 heavy (non-hydrogen) atoms. The molecule has 3 aromatic carbocycles. The number of rotatable bonds is 8. The molecule has 3 rings (SSSR count). The quantitative estimate of drug-likeness (QED) is 0.273. The summed E-state index contributed by atoms with van der Waals surface area (Å²) in [6.45, 7) is 1.81. The minimum absolute atomic E-state index is 0.0343. The summed E-state index contributed by atoms with van der Waals surface area (Å²) in [6, 6.07) is 17.7. The molecule has 0 heterocycles. The van der Waals surface area contributed by atoms with Crippen molar-refractivity contribution in [3.63, 3.8) is 0 Å². The molecule has 0 aromatic heterocycles. The number of ether oxygens (including phenoxy) is 1. The molecule has 3 aromatic rings. The molecular weight excluding hydrogens is 472 g/mol. The fourth-order valence-electron chi connectivity index (χ4n) is 2.96. The van der Waals surface area contributed by atoms with Crippen LogP contribution >= 0.6 is 0 Å². The van der Waals surface area contributed by atoms with Crippen molar-refractivity contribution in [2.75, 3.05) is 12.4 Å². The van der Waals surface area contributed by atoms with Gasteiger partial charge in [0, 0.05) is 11.3 Å². The average Bonchev–Trinajstić information content (AvgIpc) is 2.83. The van der Waals surface area contributed by atoms with Gasteiger partial charge in [0.05, 0.1) is 12.7 Å². The number of amides is 1. The first-order chi connectivity index (χ1) is 16.6. The van der Waals surface area contributed by atoms with E-state index in [1.807, 2.05) is 6.92 Å². The summed E-state index contributed by atoms with van der Waals surface area (Å²) in [7, 11) is -2.92. The number of nitriles is 1. The van der Waals surface area contributed by atoms with Gasteiger partial charge in [-0.1, -0.05) is 29.8 Å². The Labute approximate surface area is 202 Å². The highest BCUT2D eigenvalue weighted by atomic mass is 32.2. The van der Waals surface area contributed by atoms with Crippen LogP contribution in [-0.4, -0.2) is 32.5 Å². The Morgan fingerprint density at radius 3 is 2.26 bits per heavy atom. The number of carbonyl (C=O) groups excluding carboxylic acids is 1. The Bertz CT molecular complexity index is 1440. The van der Waals surface area contributed by atoms with Gasteiger partial charge in [-0.25, -0.2) is 4.79 Å². The molecule has 0 aliphatic heterocycles. The maximum atomic E-state index is 12.9. The van der Waals surface area contributed by atoms with Crippen molar-refractivity contribution in [1.29, 1.82) is 5.26 Å². The van der Waals surface area contributed by atoms with Gasteiger partial charge in [0.1, 0.15) is 16.5 Å². The Kier molecular flexibility index (Phi) is 7.53. The molecule has 0 unspecified atom stereocenters. The molecule has 1 amide bonds. The minimum atomic E-state index is -4.25. The van der Waals surface area contributed by atoms with Crippen LogP contribution in [0.2, 0.25) is 0 Å². The predicted octanol–water partition coefficient (Wildman–Crippen LogP) is 4.02. The van der Waals surface area contributed by atoms with E-state index >= 15 is 0 Å². The number of aromatic carboxylic acids is 1. The first-order valence-electron chi connectivity index (χ1n) is 10.1. The molecule has 0 bridgehead atoms. The highest BCUT2D eigenvalue weighted by Crippen LogP contribution is 2.35. The van der Waals surface area contributed by atoms with Crippen molar-refractivity contribution < 1.29 is 32.0 Å². The molecule has 0 aliphatic carbocycles. The summed E-state index contributed by atoms with van der Waals surface area (Å²) < 4.78 is 36.3. The zero-order valence-corrected chi connectivity index (χ0v) is 19.5. The Hall–Kier alpha value is -4.62. The largest absolute Gasteiger partial charge is 0.493 e. The summed E-state index contributed by atoms with van der Waals surface area (Å²) in [5, 5.41) is 21.0. The van der Waals surface area contributed by atoms with Gasteiger partial charge in [-0.05, 0) is 55.5 Å². The van der Waals surface area contributed by atoms with Gasteiger partial charge in [-0.2, -0.15) is 13.7 Å². The van der Waals surface area contributed by atoms with Crippen LogP contribution in [-0.2, 0) is 14.9 Å². The molecule has 10 heteroatoms. The van der Waals surface area contributed by atoms with E-state index in [0.29, 0.717) is 0 Å². The Balaban J connectivity index is 1.95. The lowest BCUT2D eigenvalue weighted by molar-refractivity contribution is -0.112. The highest BCUT2D eigenvalue weighted by Gasteiger charge is 2.22. The van der Waals surface area contributed by atoms with Gasteiger partial charge in [0.15, 0.2) is 11.5 Å². The van der Waals surface area contributed by atoms with Crippen LogP contribution < -0.4 is 14.2 Å². The second kappa shape index (κ2) is 10.5. The molecule has 0 radical (unpaired) electrons. The van der Waals surface area contributed by atoms with E-state index in [-0.39, 0.29) is 38.8 Å². The molecule has 0 saturated carbocycles. The van der Waals surface area contributed by atoms with E-state index in [1.54, 1.807) is 24.3 Å². The van der Waals surface area contributed by atoms with E-state index < -0.39 is 22.0 Å². The van der Waals surface area contributed by atoms with Gasteiger partial charge >= 0.3 is 16.1 Å². The van der Waals surface area contributed by atoms with Gasteiger partial charge in [0.25, 0.3) is 5.91 Å². The number of aryl methyl sites for hydroxylation is 1. The second-order valence-corrected chi connectivity index (χ2v) is 8.78. The number of para-hydroxylation sites is 1. The number of methoxy groups -OCH3 is 1. The zero-order valence-electron chi connectivity index (χ0n) is 18.7. The molecule has 0 aliphatic rings. The van der Waals surface area contributed by atoms with Crippen molar-refractivity contribution in [2.45, 2.75) is 11.8 Å². The first-order valence-corrected chi connectivity index (χ1v) is 11.5. The molecular formula is C25H20N2O7S. The van der Waals surface area contributed by atoms with Crippen LogP contribution in [0.3, 0.4) is 0 Å². The van der Waals surface area contributed by atoms with Crippen molar-refractivity contribution in [1.82, 2.24) is 0 Å². The van der Waals surface area contributed by atoms with E-state index in [4.69, 9.17) is 14.0 Å². The third-order valence-corrected chi connectivity index (χ3v) is 6.02. The molecule has 178 valence electrons. The zero-order chi connectivity index (χ0) is 25.6. The van der Waals surface area contributed by atoms with E-state index in [1.165, 1.54) is 61.7 Å². The van der Waals surface area contributed by atoms with Crippen LogP contribution in [0.4, 0.5) is 5.69 Å². The number of anilines is 1. The summed E-state index contributed by atoms with van der Waals surface area (Å²) in [4.78, 5) is 23.6. The predicted molar refractivity (Wildman–Crippen MR) is 128 cm³/mol. The molecule has 0 atom stereocenters. The van der Waals surface area contributed by atoms with E-state index in [0.717, 1.165) is 5.56 Å². The number of hydrogen-bond acceptors (Lipinski definition) is 7.